The lowest BCUT2D eigenvalue weighted by Crippen LogP contribution is -2.48. The van der Waals surface area contributed by atoms with Crippen LogP contribution in [-0.4, -0.2) is 55.0 Å². The first-order valence-corrected chi connectivity index (χ1v) is 13.1. The monoisotopic (exact) mass is 486 g/mol. The van der Waals surface area contributed by atoms with Crippen LogP contribution in [0.25, 0.3) is 0 Å². The molecule has 0 aliphatic heterocycles. The highest BCUT2D eigenvalue weighted by Crippen LogP contribution is 2.28. The van der Waals surface area contributed by atoms with Gasteiger partial charge in [0.15, 0.2) is 11.5 Å². The van der Waals surface area contributed by atoms with Crippen molar-refractivity contribution in [2.45, 2.75) is 65.0 Å². The van der Waals surface area contributed by atoms with Gasteiger partial charge < -0.3 is 19.3 Å². The Morgan fingerprint density at radius 3 is 2.41 bits per heavy atom. The molecule has 1 aliphatic carbocycles. The number of amides is 2. The van der Waals surface area contributed by atoms with Gasteiger partial charge in [0.1, 0.15) is 0 Å². The van der Waals surface area contributed by atoms with Gasteiger partial charge in [0, 0.05) is 23.4 Å². The van der Waals surface area contributed by atoms with Crippen LogP contribution in [0.1, 0.15) is 56.4 Å². The van der Waals surface area contributed by atoms with Crippen molar-refractivity contribution < 1.29 is 19.1 Å². The Morgan fingerprint density at radius 2 is 1.79 bits per heavy atom. The number of methoxy groups -OCH3 is 2. The smallest absolute Gasteiger partial charge is 0.242 e. The number of carbonyl (C=O) groups is 2. The summed E-state index contributed by atoms with van der Waals surface area (Å²) < 4.78 is 10.8. The van der Waals surface area contributed by atoms with Crippen molar-refractivity contribution >= 4 is 23.2 Å². The second kappa shape index (κ2) is 12.8. The molecule has 1 heterocycles. The first-order chi connectivity index (χ1) is 16.4. The summed E-state index contributed by atoms with van der Waals surface area (Å²) in [5, 5.41) is 2.03. The van der Waals surface area contributed by atoms with Gasteiger partial charge in [-0.2, -0.15) is 0 Å². The molecule has 2 aromatic rings. The van der Waals surface area contributed by atoms with Gasteiger partial charge in [-0.3, -0.25) is 9.59 Å². The topological polar surface area (TPSA) is 59.1 Å². The molecular formula is C27H38N2O4S. The normalized spacial score (nSPS) is 14.1. The van der Waals surface area contributed by atoms with Gasteiger partial charge in [0.25, 0.3) is 0 Å². The van der Waals surface area contributed by atoms with E-state index < -0.39 is 0 Å². The zero-order chi connectivity index (χ0) is 24.5. The van der Waals surface area contributed by atoms with Gasteiger partial charge in [-0.1, -0.05) is 31.4 Å². The predicted octanol–water partition coefficient (Wildman–Crippen LogP) is 5.15. The summed E-state index contributed by atoms with van der Waals surface area (Å²) in [5.74, 6) is 1.55. The molecule has 0 radical (unpaired) electrons. The quantitative estimate of drug-likeness (QED) is 0.441. The fourth-order valence-corrected chi connectivity index (χ4v) is 5.25. The molecule has 2 amide bonds. The SMILES string of the molecule is COc1ccc(CCN(Cc2cccs2)C(=O)CN(C(=O)C2CCCCC2)C(C)C)cc1OC. The number of ether oxygens (including phenoxy) is 2. The summed E-state index contributed by atoms with van der Waals surface area (Å²) >= 11 is 1.64. The minimum absolute atomic E-state index is 0.00665. The van der Waals surface area contributed by atoms with Crippen molar-refractivity contribution in [1.82, 2.24) is 9.80 Å². The molecule has 34 heavy (non-hydrogen) atoms. The third-order valence-electron chi connectivity index (χ3n) is 6.56. The van der Waals surface area contributed by atoms with Crippen molar-refractivity contribution in [2.75, 3.05) is 27.3 Å². The zero-order valence-electron chi connectivity index (χ0n) is 20.9. The molecule has 1 aromatic heterocycles. The highest BCUT2D eigenvalue weighted by molar-refractivity contribution is 7.09. The minimum atomic E-state index is -0.00765. The highest BCUT2D eigenvalue weighted by atomic mass is 32.1. The van der Waals surface area contributed by atoms with Gasteiger partial charge >= 0.3 is 0 Å². The Balaban J connectivity index is 1.72. The summed E-state index contributed by atoms with van der Waals surface area (Å²) in [6.07, 6.45) is 5.98. The van der Waals surface area contributed by atoms with Crippen LogP contribution >= 0.6 is 11.3 Å². The van der Waals surface area contributed by atoms with E-state index in [0.717, 1.165) is 36.1 Å². The van der Waals surface area contributed by atoms with E-state index in [1.807, 2.05) is 48.4 Å². The van der Waals surface area contributed by atoms with Crippen LogP contribution in [0.4, 0.5) is 0 Å². The molecule has 0 N–H and O–H groups in total. The largest absolute Gasteiger partial charge is 0.493 e. The number of hydrogen-bond acceptors (Lipinski definition) is 5. The molecule has 6 nitrogen and oxygen atoms in total. The second-order valence-corrected chi connectivity index (χ2v) is 10.3. The number of nitrogens with zero attached hydrogens (tertiary/aromatic N) is 2. The average Bonchev–Trinajstić information content (AvgIpc) is 3.37. The Bertz CT molecular complexity index is 923. The third kappa shape index (κ3) is 6.98. The van der Waals surface area contributed by atoms with Crippen molar-refractivity contribution in [1.29, 1.82) is 0 Å². The minimum Gasteiger partial charge on any atom is -0.493 e. The van der Waals surface area contributed by atoms with E-state index in [1.54, 1.807) is 30.5 Å². The molecule has 0 saturated heterocycles. The summed E-state index contributed by atoms with van der Waals surface area (Å²) in [6.45, 7) is 5.25. The lowest BCUT2D eigenvalue weighted by Gasteiger charge is -2.33. The summed E-state index contributed by atoms with van der Waals surface area (Å²) in [7, 11) is 3.24. The fourth-order valence-electron chi connectivity index (χ4n) is 4.53. The zero-order valence-corrected chi connectivity index (χ0v) is 21.7. The van der Waals surface area contributed by atoms with Gasteiger partial charge in [0.2, 0.25) is 11.8 Å². The van der Waals surface area contributed by atoms with Gasteiger partial charge in [0.05, 0.1) is 27.3 Å². The van der Waals surface area contributed by atoms with E-state index in [0.29, 0.717) is 31.0 Å². The van der Waals surface area contributed by atoms with E-state index in [1.165, 1.54) is 6.42 Å². The third-order valence-corrected chi connectivity index (χ3v) is 7.43. The maximum Gasteiger partial charge on any atom is 0.242 e. The summed E-state index contributed by atoms with van der Waals surface area (Å²) in [4.78, 5) is 31.6. The molecule has 0 spiro atoms. The average molecular weight is 487 g/mol. The molecule has 1 fully saturated rings. The van der Waals surface area contributed by atoms with E-state index >= 15 is 0 Å². The lowest BCUT2D eigenvalue weighted by molar-refractivity contribution is -0.145. The second-order valence-electron chi connectivity index (χ2n) is 9.23. The van der Waals surface area contributed by atoms with Crippen molar-refractivity contribution in [3.8, 4) is 11.5 Å². The Kier molecular flexibility index (Phi) is 9.81. The highest BCUT2D eigenvalue weighted by Gasteiger charge is 2.30. The van der Waals surface area contributed by atoms with Crippen LogP contribution < -0.4 is 9.47 Å². The van der Waals surface area contributed by atoms with Crippen LogP contribution in [0.5, 0.6) is 11.5 Å². The van der Waals surface area contributed by atoms with E-state index in [-0.39, 0.29) is 30.3 Å². The first kappa shape index (κ1) is 26.1. The first-order valence-electron chi connectivity index (χ1n) is 12.2. The van der Waals surface area contributed by atoms with Crippen LogP contribution in [0.3, 0.4) is 0 Å². The van der Waals surface area contributed by atoms with Crippen LogP contribution in [0, 0.1) is 5.92 Å². The van der Waals surface area contributed by atoms with Crippen molar-refractivity contribution in [2.24, 2.45) is 5.92 Å². The molecule has 1 aromatic carbocycles. The van der Waals surface area contributed by atoms with Crippen LogP contribution in [-0.2, 0) is 22.6 Å². The lowest BCUT2D eigenvalue weighted by atomic mass is 9.88. The van der Waals surface area contributed by atoms with Gasteiger partial charge in [-0.05, 0) is 62.3 Å². The van der Waals surface area contributed by atoms with Crippen LogP contribution in [0.2, 0.25) is 0 Å². The van der Waals surface area contributed by atoms with Gasteiger partial charge in [-0.15, -0.1) is 11.3 Å². The van der Waals surface area contributed by atoms with Crippen molar-refractivity contribution in [3.63, 3.8) is 0 Å². The number of hydrogen-bond donors (Lipinski definition) is 0. The molecule has 186 valence electrons. The Labute approximate surface area is 207 Å². The number of carbonyl (C=O) groups excluding carboxylic acids is 2. The maximum absolute atomic E-state index is 13.5. The Hall–Kier alpha value is -2.54. The van der Waals surface area contributed by atoms with E-state index in [9.17, 15) is 9.59 Å². The fraction of sp³-hybridized carbons (Fsp3) is 0.556. The maximum atomic E-state index is 13.5. The Morgan fingerprint density at radius 1 is 1.06 bits per heavy atom. The number of rotatable bonds is 11. The molecule has 0 atom stereocenters. The molecule has 0 unspecified atom stereocenters. The predicted molar refractivity (Wildman–Crippen MR) is 136 cm³/mol. The molecule has 3 rings (SSSR count). The van der Waals surface area contributed by atoms with Crippen LogP contribution in [0.15, 0.2) is 35.7 Å². The van der Waals surface area contributed by atoms with E-state index in [2.05, 4.69) is 6.07 Å². The number of benzene rings is 1. The summed E-state index contributed by atoms with van der Waals surface area (Å²) in [5.41, 5.74) is 1.07. The van der Waals surface area contributed by atoms with E-state index in [4.69, 9.17) is 9.47 Å². The van der Waals surface area contributed by atoms with Gasteiger partial charge in [-0.25, -0.2) is 0 Å². The van der Waals surface area contributed by atoms with Crippen molar-refractivity contribution in [3.05, 3.63) is 46.2 Å². The molecule has 7 heteroatoms. The summed E-state index contributed by atoms with van der Waals surface area (Å²) in [6, 6.07) is 9.90. The standard InChI is InChI=1S/C27H38N2O4S/c1-20(2)29(27(31)22-9-6-5-7-10-22)19-26(30)28(18-23-11-8-16-34-23)15-14-21-12-13-24(32-3)25(17-21)33-4/h8,11-13,16-17,20,22H,5-7,9-10,14-15,18-19H2,1-4H3. The molecular weight excluding hydrogens is 448 g/mol. The molecule has 1 saturated carbocycles. The molecule has 0 bridgehead atoms. The molecule has 1 aliphatic rings. The number of thiophene rings is 1.